The zero-order chi connectivity index (χ0) is 20.7. The van der Waals surface area contributed by atoms with Gasteiger partial charge in [-0.15, -0.1) is 0 Å². The van der Waals surface area contributed by atoms with Crippen LogP contribution >= 0.6 is 15.9 Å². The molecule has 0 spiro atoms. The van der Waals surface area contributed by atoms with Crippen LogP contribution in [0.4, 0.5) is 0 Å². The largest absolute Gasteiger partial charge is 0.481 e. The second-order valence-electron chi connectivity index (χ2n) is 5.70. The number of sulfonamides is 1. The molecule has 0 radical (unpaired) electrons. The minimum atomic E-state index is -3.87. The predicted molar refractivity (Wildman–Crippen MR) is 105 cm³/mol. The lowest BCUT2D eigenvalue weighted by Crippen LogP contribution is -2.50. The van der Waals surface area contributed by atoms with Crippen molar-refractivity contribution in [2.24, 2.45) is 0 Å². The van der Waals surface area contributed by atoms with Crippen molar-refractivity contribution < 1.29 is 22.7 Å². The van der Waals surface area contributed by atoms with Crippen molar-refractivity contribution in [2.45, 2.75) is 17.9 Å². The summed E-state index contributed by atoms with van der Waals surface area (Å²) >= 11 is 3.30. The van der Waals surface area contributed by atoms with E-state index in [2.05, 4.69) is 31.8 Å². The molecule has 0 aliphatic rings. The topological polar surface area (TPSA) is 118 Å². The molecule has 2 N–H and O–H groups in total. The summed E-state index contributed by atoms with van der Waals surface area (Å²) in [5, 5.41) is 0. The lowest BCUT2D eigenvalue weighted by atomic mass is 10.3. The number of benzene rings is 1. The number of aromatic nitrogens is 1. The SMILES string of the molecule is CC(Oc1cccc(Br)c1)C(=O)NNC(=O)CN(C)S(=O)(=O)c1cccnc1. The molecule has 9 nitrogen and oxygen atoms in total. The number of rotatable bonds is 7. The first kappa shape index (κ1) is 21.8. The first-order valence-electron chi connectivity index (χ1n) is 8.07. The number of halogens is 1. The van der Waals surface area contributed by atoms with Crippen LogP contribution in [-0.2, 0) is 19.6 Å². The Bertz CT molecular complexity index is 940. The molecule has 0 aliphatic heterocycles. The van der Waals surface area contributed by atoms with Crippen LogP contribution in [0, 0.1) is 0 Å². The van der Waals surface area contributed by atoms with Crippen molar-refractivity contribution in [1.82, 2.24) is 20.1 Å². The molecule has 1 atom stereocenters. The molecule has 11 heteroatoms. The van der Waals surface area contributed by atoms with Gasteiger partial charge in [0.15, 0.2) is 6.10 Å². The fourth-order valence-corrected chi connectivity index (χ4v) is 3.51. The van der Waals surface area contributed by atoms with Gasteiger partial charge in [-0.2, -0.15) is 4.31 Å². The first-order valence-corrected chi connectivity index (χ1v) is 10.3. The van der Waals surface area contributed by atoms with Crippen LogP contribution in [-0.4, -0.2) is 49.2 Å². The van der Waals surface area contributed by atoms with Crippen molar-refractivity contribution >= 4 is 37.8 Å². The zero-order valence-electron chi connectivity index (χ0n) is 15.1. The van der Waals surface area contributed by atoms with E-state index in [9.17, 15) is 18.0 Å². The molecule has 0 bridgehead atoms. The number of nitrogens with one attached hydrogen (secondary N) is 2. The van der Waals surface area contributed by atoms with Gasteiger partial charge in [-0.3, -0.25) is 25.4 Å². The molecule has 1 aromatic carbocycles. The van der Waals surface area contributed by atoms with Gasteiger partial charge in [-0.05, 0) is 37.3 Å². The monoisotopic (exact) mass is 470 g/mol. The van der Waals surface area contributed by atoms with Crippen LogP contribution in [0.2, 0.25) is 0 Å². The van der Waals surface area contributed by atoms with Gasteiger partial charge >= 0.3 is 0 Å². The Hall–Kier alpha value is -2.50. The van der Waals surface area contributed by atoms with E-state index in [0.717, 1.165) is 8.78 Å². The van der Waals surface area contributed by atoms with E-state index in [1.165, 1.54) is 38.5 Å². The van der Waals surface area contributed by atoms with E-state index in [0.29, 0.717) is 5.75 Å². The summed E-state index contributed by atoms with van der Waals surface area (Å²) in [7, 11) is -2.61. The van der Waals surface area contributed by atoms with Crippen LogP contribution in [0.3, 0.4) is 0 Å². The lowest BCUT2D eigenvalue weighted by Gasteiger charge is -2.18. The fraction of sp³-hybridized carbons (Fsp3) is 0.235. The van der Waals surface area contributed by atoms with Crippen LogP contribution in [0.5, 0.6) is 5.75 Å². The highest BCUT2D eigenvalue weighted by Crippen LogP contribution is 2.18. The van der Waals surface area contributed by atoms with Crippen LogP contribution < -0.4 is 15.6 Å². The van der Waals surface area contributed by atoms with Gasteiger partial charge in [0.1, 0.15) is 10.6 Å². The summed E-state index contributed by atoms with van der Waals surface area (Å²) in [4.78, 5) is 27.7. The predicted octanol–water partition coefficient (Wildman–Crippen LogP) is 1.08. The molecule has 2 aromatic rings. The molecule has 0 saturated heterocycles. The van der Waals surface area contributed by atoms with Crippen LogP contribution in [0.15, 0.2) is 58.2 Å². The van der Waals surface area contributed by atoms with E-state index in [-0.39, 0.29) is 4.90 Å². The molecular formula is C17H19BrN4O5S. The number of hydrazine groups is 1. The molecule has 150 valence electrons. The number of carbonyl (C=O) groups is 2. The van der Waals surface area contributed by atoms with E-state index < -0.39 is 34.5 Å². The Morgan fingerprint density at radius 3 is 2.64 bits per heavy atom. The van der Waals surface area contributed by atoms with Gasteiger partial charge in [0.05, 0.1) is 6.54 Å². The third kappa shape index (κ3) is 6.01. The molecule has 0 saturated carbocycles. The smallest absolute Gasteiger partial charge is 0.279 e. The Morgan fingerprint density at radius 2 is 2.00 bits per heavy atom. The molecule has 0 fully saturated rings. The first-order chi connectivity index (χ1) is 13.2. The van der Waals surface area contributed by atoms with Crippen LogP contribution in [0.1, 0.15) is 6.92 Å². The summed E-state index contributed by atoms with van der Waals surface area (Å²) < 4.78 is 31.8. The Morgan fingerprint density at radius 1 is 1.25 bits per heavy atom. The quantitative estimate of drug-likeness (QED) is 0.584. The summed E-state index contributed by atoms with van der Waals surface area (Å²) in [5.41, 5.74) is 4.37. The summed E-state index contributed by atoms with van der Waals surface area (Å²) in [6, 6.07) is 9.80. The minimum absolute atomic E-state index is 0.0367. The van der Waals surface area contributed by atoms with E-state index in [4.69, 9.17) is 4.74 Å². The molecular weight excluding hydrogens is 452 g/mol. The van der Waals surface area contributed by atoms with Gasteiger partial charge in [-0.1, -0.05) is 22.0 Å². The Labute approximate surface area is 171 Å². The van der Waals surface area contributed by atoms with Crippen molar-refractivity contribution in [3.63, 3.8) is 0 Å². The number of carbonyl (C=O) groups excluding carboxylic acids is 2. The Kier molecular flexibility index (Phi) is 7.49. The average molecular weight is 471 g/mol. The van der Waals surface area contributed by atoms with Crippen molar-refractivity contribution in [2.75, 3.05) is 13.6 Å². The maximum absolute atomic E-state index is 12.3. The maximum atomic E-state index is 12.3. The van der Waals surface area contributed by atoms with Crippen molar-refractivity contribution in [3.8, 4) is 5.75 Å². The van der Waals surface area contributed by atoms with Crippen LogP contribution in [0.25, 0.3) is 0 Å². The molecule has 0 aliphatic carbocycles. The maximum Gasteiger partial charge on any atom is 0.279 e. The normalized spacial score (nSPS) is 12.3. The van der Waals surface area contributed by atoms with Gasteiger partial charge in [0.2, 0.25) is 10.0 Å². The number of likely N-dealkylation sites (N-methyl/N-ethyl adjacent to an activating group) is 1. The summed E-state index contributed by atoms with van der Waals surface area (Å²) in [5.74, 6) is -0.824. The van der Waals surface area contributed by atoms with E-state index in [1.54, 1.807) is 18.2 Å². The number of amides is 2. The van der Waals surface area contributed by atoms with Gasteiger partial charge in [0, 0.05) is 23.9 Å². The molecule has 1 aromatic heterocycles. The molecule has 2 rings (SSSR count). The summed E-state index contributed by atoms with van der Waals surface area (Å²) in [6.07, 6.45) is 1.75. The summed E-state index contributed by atoms with van der Waals surface area (Å²) in [6.45, 7) is 1.03. The van der Waals surface area contributed by atoms with Crippen molar-refractivity contribution in [3.05, 3.63) is 53.3 Å². The number of hydrogen-bond donors (Lipinski definition) is 2. The van der Waals surface area contributed by atoms with E-state index in [1.807, 2.05) is 6.07 Å². The molecule has 28 heavy (non-hydrogen) atoms. The number of nitrogens with zero attached hydrogens (tertiary/aromatic N) is 2. The molecule has 1 heterocycles. The minimum Gasteiger partial charge on any atom is -0.481 e. The highest BCUT2D eigenvalue weighted by atomic mass is 79.9. The van der Waals surface area contributed by atoms with Gasteiger partial charge in [0.25, 0.3) is 11.8 Å². The Balaban J connectivity index is 1.85. The standard InChI is InChI=1S/C17H19BrN4O5S/c1-12(27-14-6-3-5-13(18)9-14)17(24)21-20-16(23)11-22(2)28(25,26)15-7-4-8-19-10-15/h3-10,12H,11H2,1-2H3,(H,20,23)(H,21,24). The average Bonchev–Trinajstić information content (AvgIpc) is 2.66. The van der Waals surface area contributed by atoms with Gasteiger partial charge in [-0.25, -0.2) is 8.42 Å². The highest BCUT2D eigenvalue weighted by Gasteiger charge is 2.23. The van der Waals surface area contributed by atoms with Crippen molar-refractivity contribution in [1.29, 1.82) is 0 Å². The number of hydrogen-bond acceptors (Lipinski definition) is 6. The van der Waals surface area contributed by atoms with Gasteiger partial charge < -0.3 is 4.74 Å². The second-order valence-corrected chi connectivity index (χ2v) is 8.67. The number of ether oxygens (including phenoxy) is 1. The lowest BCUT2D eigenvalue weighted by molar-refractivity contribution is -0.132. The highest BCUT2D eigenvalue weighted by molar-refractivity contribution is 9.10. The third-order valence-corrected chi connectivity index (χ3v) is 5.79. The fourth-order valence-electron chi connectivity index (χ4n) is 2.04. The van der Waals surface area contributed by atoms with E-state index >= 15 is 0 Å². The zero-order valence-corrected chi connectivity index (χ0v) is 17.5. The number of pyridine rings is 1. The second kappa shape index (κ2) is 9.62. The third-order valence-electron chi connectivity index (χ3n) is 3.51. The molecule has 1 unspecified atom stereocenters. The molecule has 2 amide bonds.